The Morgan fingerprint density at radius 3 is 2.90 bits per heavy atom. The zero-order valence-electron chi connectivity index (χ0n) is 11.0. The first-order valence-electron chi connectivity index (χ1n) is 6.52. The average molecular weight is 265 g/mol. The molecule has 4 nitrogen and oxygen atoms in total. The van der Waals surface area contributed by atoms with E-state index in [2.05, 4.69) is 9.97 Å². The van der Waals surface area contributed by atoms with Crippen molar-refractivity contribution in [3.8, 4) is 11.5 Å². The van der Waals surface area contributed by atoms with Gasteiger partial charge >= 0.3 is 0 Å². The van der Waals surface area contributed by atoms with Crippen LogP contribution in [-0.4, -0.2) is 16.5 Å². The molecule has 2 N–H and O–H groups in total. The van der Waals surface area contributed by atoms with Gasteiger partial charge in [0, 0.05) is 17.8 Å². The number of benzene rings is 1. The van der Waals surface area contributed by atoms with E-state index in [1.165, 1.54) is 0 Å². The predicted octanol–water partition coefficient (Wildman–Crippen LogP) is 2.92. The molecule has 0 unspecified atom stereocenters. The molecular weight excluding hydrogens is 250 g/mol. The molecule has 100 valence electrons. The summed E-state index contributed by atoms with van der Waals surface area (Å²) in [5, 5.41) is 1.05. The van der Waals surface area contributed by atoms with Crippen molar-refractivity contribution in [1.29, 1.82) is 0 Å². The molecule has 3 rings (SSSR count). The van der Waals surface area contributed by atoms with Crippen molar-refractivity contribution in [2.45, 2.75) is 6.42 Å². The fraction of sp³-hybridized carbons (Fsp3) is 0.125. The van der Waals surface area contributed by atoms with Gasteiger partial charge < -0.3 is 10.5 Å². The fourth-order valence-electron chi connectivity index (χ4n) is 2.11. The van der Waals surface area contributed by atoms with Gasteiger partial charge in [-0.1, -0.05) is 18.2 Å². The maximum Gasteiger partial charge on any atom is 0.153 e. The normalized spacial score (nSPS) is 10.7. The molecule has 0 aliphatic carbocycles. The minimum Gasteiger partial charge on any atom is -0.453 e. The molecule has 0 amide bonds. The lowest BCUT2D eigenvalue weighted by molar-refractivity contribution is 0.484. The third kappa shape index (κ3) is 2.60. The molecular formula is C16H15N3O. The van der Waals surface area contributed by atoms with Crippen LogP contribution in [0.25, 0.3) is 10.9 Å². The van der Waals surface area contributed by atoms with Crippen LogP contribution in [0.2, 0.25) is 0 Å². The molecule has 1 aromatic carbocycles. The smallest absolute Gasteiger partial charge is 0.153 e. The lowest BCUT2D eigenvalue weighted by Crippen LogP contribution is -2.03. The third-order valence-electron chi connectivity index (χ3n) is 3.03. The molecule has 0 aliphatic heterocycles. The fourth-order valence-corrected chi connectivity index (χ4v) is 2.11. The van der Waals surface area contributed by atoms with Crippen LogP contribution < -0.4 is 10.5 Å². The molecule has 0 saturated carbocycles. The van der Waals surface area contributed by atoms with E-state index >= 15 is 0 Å². The molecule has 3 aromatic rings. The highest BCUT2D eigenvalue weighted by Gasteiger charge is 2.05. The number of nitrogens with zero attached hydrogens (tertiary/aromatic N) is 2. The molecule has 0 bridgehead atoms. The first-order chi connectivity index (χ1) is 9.86. The van der Waals surface area contributed by atoms with Gasteiger partial charge in [-0.05, 0) is 36.7 Å². The summed E-state index contributed by atoms with van der Waals surface area (Å²) >= 11 is 0. The summed E-state index contributed by atoms with van der Waals surface area (Å²) in [4.78, 5) is 8.55. The van der Waals surface area contributed by atoms with Crippen LogP contribution in [0, 0.1) is 0 Å². The summed E-state index contributed by atoms with van der Waals surface area (Å²) in [7, 11) is 0. The third-order valence-corrected chi connectivity index (χ3v) is 3.03. The van der Waals surface area contributed by atoms with Gasteiger partial charge in [-0.3, -0.25) is 9.97 Å². The van der Waals surface area contributed by atoms with Crippen molar-refractivity contribution in [1.82, 2.24) is 9.97 Å². The van der Waals surface area contributed by atoms with Crippen molar-refractivity contribution >= 4 is 10.9 Å². The molecule has 0 aliphatic rings. The van der Waals surface area contributed by atoms with E-state index in [9.17, 15) is 0 Å². The highest BCUT2D eigenvalue weighted by Crippen LogP contribution is 2.28. The number of hydrogen-bond donors (Lipinski definition) is 1. The van der Waals surface area contributed by atoms with Crippen LogP contribution >= 0.6 is 0 Å². The number of nitrogens with two attached hydrogens (primary N) is 1. The van der Waals surface area contributed by atoms with E-state index in [0.717, 1.165) is 28.6 Å². The number of rotatable bonds is 4. The SMILES string of the molecule is NCCc1cncc(Oc2cccc3cccnc23)c1. The van der Waals surface area contributed by atoms with Gasteiger partial charge in [0.2, 0.25) is 0 Å². The predicted molar refractivity (Wildman–Crippen MR) is 78.8 cm³/mol. The number of pyridine rings is 2. The highest BCUT2D eigenvalue weighted by atomic mass is 16.5. The molecule has 0 fully saturated rings. The van der Waals surface area contributed by atoms with Crippen LogP contribution in [0.15, 0.2) is 55.0 Å². The summed E-state index contributed by atoms with van der Waals surface area (Å²) in [6, 6.07) is 11.8. The molecule has 0 radical (unpaired) electrons. The summed E-state index contributed by atoms with van der Waals surface area (Å²) in [5.74, 6) is 1.43. The Kier molecular flexibility index (Phi) is 3.56. The Morgan fingerprint density at radius 2 is 2.00 bits per heavy atom. The van der Waals surface area contributed by atoms with Gasteiger partial charge in [-0.2, -0.15) is 0 Å². The quantitative estimate of drug-likeness (QED) is 0.788. The van der Waals surface area contributed by atoms with Crippen molar-refractivity contribution in [3.05, 3.63) is 60.6 Å². The van der Waals surface area contributed by atoms with E-state index in [0.29, 0.717) is 12.3 Å². The molecule has 0 saturated heterocycles. The molecule has 2 heterocycles. The molecule has 0 atom stereocenters. The number of hydrogen-bond acceptors (Lipinski definition) is 4. The van der Waals surface area contributed by atoms with E-state index in [4.69, 9.17) is 10.5 Å². The first kappa shape index (κ1) is 12.6. The maximum atomic E-state index is 5.91. The van der Waals surface area contributed by atoms with Gasteiger partial charge in [-0.25, -0.2) is 0 Å². The van der Waals surface area contributed by atoms with E-state index in [1.54, 1.807) is 18.6 Å². The lowest BCUT2D eigenvalue weighted by Gasteiger charge is -2.08. The second kappa shape index (κ2) is 5.67. The van der Waals surface area contributed by atoms with Crippen LogP contribution in [-0.2, 0) is 6.42 Å². The summed E-state index contributed by atoms with van der Waals surface area (Å²) in [6.07, 6.45) is 6.05. The van der Waals surface area contributed by atoms with Gasteiger partial charge in [0.15, 0.2) is 5.75 Å². The highest BCUT2D eigenvalue weighted by molar-refractivity contribution is 5.84. The van der Waals surface area contributed by atoms with E-state index in [1.807, 2.05) is 36.4 Å². The largest absolute Gasteiger partial charge is 0.453 e. The molecule has 20 heavy (non-hydrogen) atoms. The summed E-state index contributed by atoms with van der Waals surface area (Å²) < 4.78 is 5.91. The lowest BCUT2D eigenvalue weighted by atomic mass is 10.2. The van der Waals surface area contributed by atoms with E-state index < -0.39 is 0 Å². The summed E-state index contributed by atoms with van der Waals surface area (Å²) in [5.41, 5.74) is 7.47. The van der Waals surface area contributed by atoms with E-state index in [-0.39, 0.29) is 0 Å². The van der Waals surface area contributed by atoms with Gasteiger partial charge in [-0.15, -0.1) is 0 Å². The van der Waals surface area contributed by atoms with Crippen molar-refractivity contribution < 1.29 is 4.74 Å². The van der Waals surface area contributed by atoms with Gasteiger partial charge in [0.05, 0.1) is 6.20 Å². The second-order valence-corrected chi connectivity index (χ2v) is 4.50. The number of para-hydroxylation sites is 1. The number of fused-ring (bicyclic) bond motifs is 1. The first-order valence-corrected chi connectivity index (χ1v) is 6.52. The molecule has 0 spiro atoms. The number of ether oxygens (including phenoxy) is 1. The second-order valence-electron chi connectivity index (χ2n) is 4.50. The Hall–Kier alpha value is -2.46. The van der Waals surface area contributed by atoms with Crippen molar-refractivity contribution in [3.63, 3.8) is 0 Å². The zero-order chi connectivity index (χ0) is 13.8. The van der Waals surface area contributed by atoms with Crippen LogP contribution in [0.3, 0.4) is 0 Å². The maximum absolute atomic E-state index is 5.91. The zero-order valence-corrected chi connectivity index (χ0v) is 11.0. The van der Waals surface area contributed by atoms with Crippen LogP contribution in [0.4, 0.5) is 0 Å². The standard InChI is InChI=1S/C16H15N3O/c17-7-6-12-9-14(11-18-10-12)20-15-5-1-3-13-4-2-8-19-16(13)15/h1-5,8-11H,6-7,17H2. The Bertz CT molecular complexity index is 722. The summed E-state index contributed by atoms with van der Waals surface area (Å²) in [6.45, 7) is 0.598. The minimum atomic E-state index is 0.598. The van der Waals surface area contributed by atoms with Crippen molar-refractivity contribution in [2.24, 2.45) is 5.73 Å². The van der Waals surface area contributed by atoms with Gasteiger partial charge in [0.25, 0.3) is 0 Å². The van der Waals surface area contributed by atoms with Crippen LogP contribution in [0.1, 0.15) is 5.56 Å². The average Bonchev–Trinajstić information content (AvgIpc) is 2.48. The monoisotopic (exact) mass is 265 g/mol. The van der Waals surface area contributed by atoms with Crippen molar-refractivity contribution in [2.75, 3.05) is 6.54 Å². The topological polar surface area (TPSA) is 61.0 Å². The number of aromatic nitrogens is 2. The minimum absolute atomic E-state index is 0.598. The van der Waals surface area contributed by atoms with Crippen LogP contribution in [0.5, 0.6) is 11.5 Å². The molecule has 2 aromatic heterocycles. The Morgan fingerprint density at radius 1 is 1.10 bits per heavy atom. The molecule has 4 heteroatoms. The van der Waals surface area contributed by atoms with Gasteiger partial charge in [0.1, 0.15) is 11.3 Å². The Balaban J connectivity index is 1.95. The Labute approximate surface area is 117 Å².